The zero-order valence-electron chi connectivity index (χ0n) is 20.4. The molecule has 0 bridgehead atoms. The van der Waals surface area contributed by atoms with Crippen molar-refractivity contribution < 1.29 is 19.4 Å². The van der Waals surface area contributed by atoms with Crippen LogP contribution < -0.4 is 15.4 Å². The molecule has 8 heteroatoms. The van der Waals surface area contributed by atoms with Crippen LogP contribution in [0.25, 0.3) is 0 Å². The number of carbonyl (C=O) groups excluding carboxylic acids is 2. The van der Waals surface area contributed by atoms with Crippen molar-refractivity contribution in [3.05, 3.63) is 87.9 Å². The number of fused-ring (bicyclic) bond motifs is 3. The molecule has 3 aromatic carbocycles. The molecule has 0 aromatic heterocycles. The monoisotopic (exact) mass is 515 g/mol. The number of benzene rings is 3. The van der Waals surface area contributed by atoms with E-state index in [0.29, 0.717) is 29.7 Å². The molecule has 2 heterocycles. The smallest absolute Gasteiger partial charge is 0.240 e. The molecule has 1 amide bonds. The number of amides is 1. The second-order valence-electron chi connectivity index (χ2n) is 9.67. The first-order chi connectivity index (χ1) is 17.7. The van der Waals surface area contributed by atoms with Gasteiger partial charge in [0.25, 0.3) is 0 Å². The standard InChI is InChI=1S/C29H26ClN3O4/c1-16-6-9-22-17(12-16)8-11-24-29(15-31,28(32)36)25(18-7-10-23(34)21(30)14-18)26(33(22)24)27(35)19-4-3-5-20(13-19)37-2/h3-7,9-10,12-14,24-26,34H,8,11H2,1-2H3,(H2,32,36)/t24-,25-,26+,29-/m1/s1. The maximum Gasteiger partial charge on any atom is 0.240 e. The van der Waals surface area contributed by atoms with E-state index in [4.69, 9.17) is 22.1 Å². The van der Waals surface area contributed by atoms with Crippen LogP contribution >= 0.6 is 11.6 Å². The molecule has 5 rings (SSSR count). The molecular weight excluding hydrogens is 490 g/mol. The van der Waals surface area contributed by atoms with Gasteiger partial charge in [-0.15, -0.1) is 0 Å². The lowest BCUT2D eigenvalue weighted by atomic mass is 9.66. The van der Waals surface area contributed by atoms with Crippen molar-refractivity contribution >= 4 is 29.0 Å². The molecule has 7 nitrogen and oxygen atoms in total. The van der Waals surface area contributed by atoms with Gasteiger partial charge in [0.15, 0.2) is 11.2 Å². The maximum absolute atomic E-state index is 14.4. The molecule has 0 saturated carbocycles. The first-order valence-electron chi connectivity index (χ1n) is 12.0. The first-order valence-corrected chi connectivity index (χ1v) is 12.4. The number of aryl methyl sites for hydroxylation is 2. The van der Waals surface area contributed by atoms with Gasteiger partial charge in [0.1, 0.15) is 17.5 Å². The van der Waals surface area contributed by atoms with Gasteiger partial charge in [-0.05, 0) is 61.2 Å². The van der Waals surface area contributed by atoms with Crippen LogP contribution in [-0.4, -0.2) is 36.0 Å². The summed E-state index contributed by atoms with van der Waals surface area (Å²) in [6, 6.07) is 18.0. The molecule has 0 aliphatic carbocycles. The van der Waals surface area contributed by atoms with Crippen molar-refractivity contribution in [2.75, 3.05) is 12.0 Å². The van der Waals surface area contributed by atoms with Crippen molar-refractivity contribution in [1.29, 1.82) is 5.26 Å². The van der Waals surface area contributed by atoms with E-state index in [1.807, 2.05) is 24.0 Å². The average Bonchev–Trinajstić information content (AvgIpc) is 3.21. The lowest BCUT2D eigenvalue weighted by Crippen LogP contribution is -2.50. The molecule has 2 aliphatic heterocycles. The number of anilines is 1. The highest BCUT2D eigenvalue weighted by Gasteiger charge is 2.66. The minimum atomic E-state index is -1.72. The normalized spacial score (nSPS) is 24.1. The molecule has 0 radical (unpaired) electrons. The van der Waals surface area contributed by atoms with Crippen LogP contribution in [0.15, 0.2) is 60.7 Å². The Morgan fingerprint density at radius 3 is 2.65 bits per heavy atom. The van der Waals surface area contributed by atoms with Crippen LogP contribution in [0.2, 0.25) is 5.02 Å². The number of rotatable bonds is 5. The Labute approximate surface area is 220 Å². The number of halogens is 1. The number of nitriles is 1. The number of nitrogens with two attached hydrogens (primary N) is 1. The van der Waals surface area contributed by atoms with Crippen molar-refractivity contribution in [1.82, 2.24) is 0 Å². The largest absolute Gasteiger partial charge is 0.506 e. The Bertz CT molecular complexity index is 1470. The van der Waals surface area contributed by atoms with Gasteiger partial charge in [0, 0.05) is 17.2 Å². The molecule has 0 unspecified atom stereocenters. The lowest BCUT2D eigenvalue weighted by molar-refractivity contribution is -0.125. The predicted octanol–water partition coefficient (Wildman–Crippen LogP) is 4.53. The van der Waals surface area contributed by atoms with Gasteiger partial charge >= 0.3 is 0 Å². The van der Waals surface area contributed by atoms with Gasteiger partial charge in [-0.2, -0.15) is 5.26 Å². The summed E-state index contributed by atoms with van der Waals surface area (Å²) in [7, 11) is 1.52. The Morgan fingerprint density at radius 2 is 1.97 bits per heavy atom. The van der Waals surface area contributed by atoms with Crippen molar-refractivity contribution in [2.45, 2.75) is 37.8 Å². The van der Waals surface area contributed by atoms with Gasteiger partial charge in [0.05, 0.1) is 24.2 Å². The molecule has 37 heavy (non-hydrogen) atoms. The second kappa shape index (κ2) is 9.13. The van der Waals surface area contributed by atoms with Crippen LogP contribution in [0.1, 0.15) is 39.4 Å². The molecule has 3 aromatic rings. The third-order valence-corrected chi connectivity index (χ3v) is 8.02. The van der Waals surface area contributed by atoms with E-state index < -0.39 is 29.3 Å². The number of ether oxygens (including phenoxy) is 1. The minimum absolute atomic E-state index is 0.0577. The van der Waals surface area contributed by atoms with E-state index in [1.165, 1.54) is 19.2 Å². The summed E-state index contributed by atoms with van der Waals surface area (Å²) in [6.07, 6.45) is 1.11. The van der Waals surface area contributed by atoms with E-state index in [1.54, 1.807) is 30.3 Å². The number of phenols is 1. The van der Waals surface area contributed by atoms with Crippen molar-refractivity contribution in [3.63, 3.8) is 0 Å². The summed E-state index contributed by atoms with van der Waals surface area (Å²) in [6.45, 7) is 2.00. The number of phenolic OH excluding ortho intramolecular Hbond substituents is 1. The molecule has 0 spiro atoms. The summed E-state index contributed by atoms with van der Waals surface area (Å²) in [5, 5.41) is 20.8. The van der Waals surface area contributed by atoms with Crippen LogP contribution in [0, 0.1) is 23.7 Å². The van der Waals surface area contributed by atoms with E-state index >= 15 is 0 Å². The van der Waals surface area contributed by atoms with Crippen LogP contribution in [0.4, 0.5) is 5.69 Å². The number of hydrogen-bond acceptors (Lipinski definition) is 6. The fraction of sp³-hybridized carbons (Fsp3) is 0.276. The SMILES string of the molecule is COc1cccc(C(=O)[C@@H]2[C@@H](c3ccc(O)c(Cl)c3)[C@](C#N)(C(N)=O)[C@H]3CCc4cc(C)ccc4N23)c1. The highest BCUT2D eigenvalue weighted by molar-refractivity contribution is 6.32. The number of methoxy groups -OCH3 is 1. The van der Waals surface area contributed by atoms with Crippen molar-refractivity contribution in [3.8, 4) is 17.6 Å². The summed E-state index contributed by atoms with van der Waals surface area (Å²) >= 11 is 6.28. The summed E-state index contributed by atoms with van der Waals surface area (Å²) in [4.78, 5) is 29.6. The second-order valence-corrected chi connectivity index (χ2v) is 10.1. The number of carbonyl (C=O) groups is 2. The molecule has 1 saturated heterocycles. The molecule has 188 valence electrons. The van der Waals surface area contributed by atoms with Gasteiger partial charge in [-0.25, -0.2) is 0 Å². The molecular formula is C29H26ClN3O4. The van der Waals surface area contributed by atoms with E-state index in [9.17, 15) is 20.0 Å². The average molecular weight is 516 g/mol. The molecule has 2 aliphatic rings. The quantitative estimate of drug-likeness (QED) is 0.482. The van der Waals surface area contributed by atoms with Crippen LogP contribution in [0.3, 0.4) is 0 Å². The summed E-state index contributed by atoms with van der Waals surface area (Å²) in [5.74, 6) is -1.63. The zero-order valence-corrected chi connectivity index (χ0v) is 21.2. The Kier molecular flexibility index (Phi) is 6.09. The highest BCUT2D eigenvalue weighted by Crippen LogP contribution is 2.57. The van der Waals surface area contributed by atoms with E-state index in [2.05, 4.69) is 12.1 Å². The molecule has 4 atom stereocenters. The van der Waals surface area contributed by atoms with Crippen LogP contribution in [0.5, 0.6) is 11.5 Å². The third-order valence-electron chi connectivity index (χ3n) is 7.71. The van der Waals surface area contributed by atoms with Gasteiger partial charge in [-0.1, -0.05) is 47.5 Å². The molecule has 1 fully saturated rings. The Balaban J connectivity index is 1.81. The number of nitrogens with zero attached hydrogens (tertiary/aromatic N) is 2. The topological polar surface area (TPSA) is 117 Å². The minimum Gasteiger partial charge on any atom is -0.506 e. The van der Waals surface area contributed by atoms with Gasteiger partial charge < -0.3 is 20.5 Å². The van der Waals surface area contributed by atoms with Gasteiger partial charge in [-0.3, -0.25) is 9.59 Å². The summed E-state index contributed by atoms with van der Waals surface area (Å²) < 4.78 is 5.35. The number of primary amides is 1. The van der Waals surface area contributed by atoms with Crippen LogP contribution in [-0.2, 0) is 11.2 Å². The lowest BCUT2D eigenvalue weighted by Gasteiger charge is -2.39. The first kappa shape index (κ1) is 24.7. The van der Waals surface area contributed by atoms with E-state index in [0.717, 1.165) is 16.8 Å². The zero-order chi connectivity index (χ0) is 26.5. The number of Topliss-reactive ketones (excluding diaryl/α,β-unsaturated/α-hetero) is 1. The number of ketones is 1. The van der Waals surface area contributed by atoms with Gasteiger partial charge in [0.2, 0.25) is 5.91 Å². The fourth-order valence-electron chi connectivity index (χ4n) is 6.08. The Hall–Kier alpha value is -4.02. The highest BCUT2D eigenvalue weighted by atomic mass is 35.5. The van der Waals surface area contributed by atoms with E-state index in [-0.39, 0.29) is 16.6 Å². The third kappa shape index (κ3) is 3.71. The molecule has 3 N–H and O–H groups in total. The Morgan fingerprint density at radius 1 is 1.19 bits per heavy atom. The fourth-order valence-corrected chi connectivity index (χ4v) is 6.27. The summed E-state index contributed by atoms with van der Waals surface area (Å²) in [5.41, 5.74) is 8.10. The number of hydrogen-bond donors (Lipinski definition) is 2. The number of aromatic hydroxyl groups is 1. The van der Waals surface area contributed by atoms with Crippen molar-refractivity contribution in [2.24, 2.45) is 11.1 Å². The predicted molar refractivity (Wildman–Crippen MR) is 140 cm³/mol. The maximum atomic E-state index is 14.4.